The summed E-state index contributed by atoms with van der Waals surface area (Å²) in [5.41, 5.74) is 6.01. The van der Waals surface area contributed by atoms with Crippen molar-refractivity contribution in [3.05, 3.63) is 33.9 Å². The summed E-state index contributed by atoms with van der Waals surface area (Å²) in [6.45, 7) is 0.953. The third kappa shape index (κ3) is 2.65. The van der Waals surface area contributed by atoms with Gasteiger partial charge >= 0.3 is 0 Å². The maximum Gasteiger partial charge on any atom is 0.270 e. The van der Waals surface area contributed by atoms with Crippen LogP contribution in [0.25, 0.3) is 0 Å². The number of nitro benzene ring substituents is 1. The number of rotatable bonds is 4. The van der Waals surface area contributed by atoms with Gasteiger partial charge in [0.25, 0.3) is 5.69 Å². The van der Waals surface area contributed by atoms with Gasteiger partial charge < -0.3 is 11.1 Å². The molecule has 0 radical (unpaired) electrons. The first-order valence-corrected chi connectivity index (χ1v) is 4.31. The van der Waals surface area contributed by atoms with Crippen LogP contribution in [0.2, 0.25) is 0 Å². The molecule has 15 heavy (non-hydrogen) atoms. The van der Waals surface area contributed by atoms with Crippen molar-refractivity contribution in [2.24, 2.45) is 5.73 Å². The lowest BCUT2D eigenvalue weighted by Gasteiger charge is -2.05. The summed E-state index contributed by atoms with van der Waals surface area (Å²) < 4.78 is 0. The van der Waals surface area contributed by atoms with Crippen molar-refractivity contribution in [2.45, 2.75) is 0 Å². The largest absolute Gasteiger partial charge is 0.383 e. The highest BCUT2D eigenvalue weighted by molar-refractivity contribution is 5.61. The van der Waals surface area contributed by atoms with Crippen LogP contribution in [-0.4, -0.2) is 18.0 Å². The number of hydrogen-bond donors (Lipinski definition) is 2. The first-order valence-electron chi connectivity index (χ1n) is 4.31. The molecule has 6 nitrogen and oxygen atoms in total. The molecule has 0 saturated carbocycles. The first-order chi connectivity index (χ1) is 7.19. The second kappa shape index (κ2) is 4.93. The highest BCUT2D eigenvalue weighted by Gasteiger charge is 2.09. The van der Waals surface area contributed by atoms with Gasteiger partial charge in [0, 0.05) is 25.2 Å². The molecular formula is C9H10N4O2. The number of nitrogens with two attached hydrogens (primary N) is 1. The lowest BCUT2D eigenvalue weighted by Crippen LogP contribution is -2.13. The van der Waals surface area contributed by atoms with Crippen molar-refractivity contribution in [1.82, 2.24) is 0 Å². The molecule has 6 heteroatoms. The first kappa shape index (κ1) is 10.9. The van der Waals surface area contributed by atoms with Gasteiger partial charge in [-0.3, -0.25) is 10.1 Å². The Morgan fingerprint density at radius 3 is 2.87 bits per heavy atom. The summed E-state index contributed by atoms with van der Waals surface area (Å²) in [5.74, 6) is 0. The van der Waals surface area contributed by atoms with E-state index in [0.717, 1.165) is 0 Å². The molecule has 0 spiro atoms. The molecule has 1 aromatic rings. The van der Waals surface area contributed by atoms with Crippen molar-refractivity contribution in [1.29, 1.82) is 5.26 Å². The fourth-order valence-corrected chi connectivity index (χ4v) is 1.10. The van der Waals surface area contributed by atoms with Crippen LogP contribution in [0.4, 0.5) is 11.4 Å². The van der Waals surface area contributed by atoms with Gasteiger partial charge in [-0.2, -0.15) is 5.26 Å². The van der Waals surface area contributed by atoms with E-state index < -0.39 is 4.92 Å². The molecular weight excluding hydrogens is 196 g/mol. The molecule has 0 unspecified atom stereocenters. The molecule has 3 N–H and O–H groups in total. The predicted molar refractivity (Wildman–Crippen MR) is 55.4 cm³/mol. The molecule has 1 rings (SSSR count). The number of nitro groups is 1. The molecule has 0 bridgehead atoms. The monoisotopic (exact) mass is 206 g/mol. The predicted octanol–water partition coefficient (Wildman–Crippen LogP) is 0.837. The lowest BCUT2D eigenvalue weighted by molar-refractivity contribution is -0.384. The Morgan fingerprint density at radius 2 is 2.33 bits per heavy atom. The number of non-ortho nitro benzene ring substituents is 1. The minimum Gasteiger partial charge on any atom is -0.383 e. The van der Waals surface area contributed by atoms with Gasteiger partial charge in [-0.25, -0.2) is 0 Å². The summed E-state index contributed by atoms with van der Waals surface area (Å²) >= 11 is 0. The zero-order valence-electron chi connectivity index (χ0n) is 7.93. The van der Waals surface area contributed by atoms with Crippen molar-refractivity contribution in [2.75, 3.05) is 18.4 Å². The van der Waals surface area contributed by atoms with Gasteiger partial charge in [-0.1, -0.05) is 0 Å². The number of nitrogens with zero attached hydrogens (tertiary/aromatic N) is 2. The number of anilines is 1. The molecule has 78 valence electrons. The van der Waals surface area contributed by atoms with Crippen LogP contribution in [0, 0.1) is 21.4 Å². The second-order valence-electron chi connectivity index (χ2n) is 2.81. The molecule has 0 aromatic heterocycles. The Labute approximate surface area is 86.5 Å². The topological polar surface area (TPSA) is 105 Å². The fourth-order valence-electron chi connectivity index (χ4n) is 1.10. The van der Waals surface area contributed by atoms with Crippen molar-refractivity contribution in [3.8, 4) is 6.07 Å². The van der Waals surface area contributed by atoms with Crippen LogP contribution in [0.3, 0.4) is 0 Å². The third-order valence-corrected chi connectivity index (χ3v) is 1.79. The second-order valence-corrected chi connectivity index (χ2v) is 2.81. The lowest BCUT2D eigenvalue weighted by atomic mass is 10.1. The normalized spacial score (nSPS) is 9.33. The highest BCUT2D eigenvalue weighted by atomic mass is 16.6. The summed E-state index contributed by atoms with van der Waals surface area (Å²) in [7, 11) is 0. The van der Waals surface area contributed by atoms with E-state index in [-0.39, 0.29) is 11.3 Å². The van der Waals surface area contributed by atoms with Crippen LogP contribution in [0.15, 0.2) is 18.2 Å². The molecule has 1 aromatic carbocycles. The Bertz CT molecular complexity index is 411. The zero-order valence-corrected chi connectivity index (χ0v) is 7.93. The fraction of sp³-hybridized carbons (Fsp3) is 0.222. The summed E-state index contributed by atoms with van der Waals surface area (Å²) in [4.78, 5) is 9.92. The van der Waals surface area contributed by atoms with Gasteiger partial charge in [0.2, 0.25) is 0 Å². The van der Waals surface area contributed by atoms with E-state index in [9.17, 15) is 10.1 Å². The minimum absolute atomic E-state index is 0.0927. The van der Waals surface area contributed by atoms with Gasteiger partial charge in [-0.15, -0.1) is 0 Å². The van der Waals surface area contributed by atoms with E-state index in [2.05, 4.69) is 5.32 Å². The van der Waals surface area contributed by atoms with E-state index in [1.807, 2.05) is 6.07 Å². The van der Waals surface area contributed by atoms with Gasteiger partial charge in [0.15, 0.2) is 0 Å². The SMILES string of the molecule is N#Cc1cc([N+](=O)[O-])ccc1NCCN. The summed E-state index contributed by atoms with van der Waals surface area (Å²) in [5, 5.41) is 22.1. The number of hydrogen-bond acceptors (Lipinski definition) is 5. The van der Waals surface area contributed by atoms with Gasteiger partial charge in [0.05, 0.1) is 16.2 Å². The maximum atomic E-state index is 10.5. The third-order valence-electron chi connectivity index (χ3n) is 1.79. The van der Waals surface area contributed by atoms with Gasteiger partial charge in [-0.05, 0) is 6.07 Å². The van der Waals surface area contributed by atoms with Crippen LogP contribution in [0.1, 0.15) is 5.56 Å². The van der Waals surface area contributed by atoms with Crippen LogP contribution in [0.5, 0.6) is 0 Å². The molecule has 0 atom stereocenters. The van der Waals surface area contributed by atoms with E-state index in [1.54, 1.807) is 0 Å². The smallest absolute Gasteiger partial charge is 0.270 e. The number of benzene rings is 1. The van der Waals surface area contributed by atoms with Crippen LogP contribution in [-0.2, 0) is 0 Å². The maximum absolute atomic E-state index is 10.5. The van der Waals surface area contributed by atoms with E-state index in [1.165, 1.54) is 18.2 Å². The summed E-state index contributed by atoms with van der Waals surface area (Å²) in [6.07, 6.45) is 0. The molecule has 0 amide bonds. The van der Waals surface area contributed by atoms with Crippen LogP contribution < -0.4 is 11.1 Å². The van der Waals surface area contributed by atoms with E-state index in [0.29, 0.717) is 18.8 Å². The number of nitrogens with one attached hydrogen (secondary N) is 1. The average molecular weight is 206 g/mol. The van der Waals surface area contributed by atoms with Gasteiger partial charge in [0.1, 0.15) is 6.07 Å². The zero-order chi connectivity index (χ0) is 11.3. The molecule has 0 fully saturated rings. The Balaban J connectivity index is 3.00. The Kier molecular flexibility index (Phi) is 3.60. The molecule has 0 aliphatic rings. The van der Waals surface area contributed by atoms with E-state index >= 15 is 0 Å². The summed E-state index contributed by atoms with van der Waals surface area (Å²) in [6, 6.07) is 5.98. The standard InChI is InChI=1S/C9H10N4O2/c10-3-4-12-9-2-1-8(13(14)15)5-7(9)6-11/h1-2,5,12H,3-4,10H2. The van der Waals surface area contributed by atoms with Crippen molar-refractivity contribution >= 4 is 11.4 Å². The van der Waals surface area contributed by atoms with Crippen LogP contribution >= 0.6 is 0 Å². The van der Waals surface area contributed by atoms with Crippen molar-refractivity contribution in [3.63, 3.8) is 0 Å². The van der Waals surface area contributed by atoms with E-state index in [4.69, 9.17) is 11.0 Å². The Hall–Kier alpha value is -2.13. The molecule has 0 aliphatic carbocycles. The molecule has 0 heterocycles. The number of nitriles is 1. The average Bonchev–Trinajstić information content (AvgIpc) is 2.25. The minimum atomic E-state index is -0.534. The Morgan fingerprint density at radius 1 is 1.60 bits per heavy atom. The van der Waals surface area contributed by atoms with Crippen molar-refractivity contribution < 1.29 is 4.92 Å². The molecule has 0 aliphatic heterocycles. The highest BCUT2D eigenvalue weighted by Crippen LogP contribution is 2.20. The quantitative estimate of drug-likeness (QED) is 0.560. The molecule has 0 saturated heterocycles.